The number of carbonyl (C=O) groups is 1. The van der Waals surface area contributed by atoms with E-state index in [2.05, 4.69) is 5.32 Å². The minimum atomic E-state index is -4.21. The summed E-state index contributed by atoms with van der Waals surface area (Å²) in [6, 6.07) is 4.90. The third-order valence-corrected chi connectivity index (χ3v) is 3.97. The van der Waals surface area contributed by atoms with E-state index in [1.165, 1.54) is 19.1 Å². The minimum absolute atomic E-state index is 0.0773. The molecule has 1 aromatic rings. The number of anilines is 1. The van der Waals surface area contributed by atoms with E-state index in [0.717, 1.165) is 0 Å². The number of benzene rings is 1. The van der Waals surface area contributed by atoms with Crippen molar-refractivity contribution in [3.8, 4) is 11.5 Å². The van der Waals surface area contributed by atoms with Crippen LogP contribution in [0.5, 0.6) is 11.5 Å². The summed E-state index contributed by atoms with van der Waals surface area (Å²) in [5.74, 6) is -0.705. The zero-order valence-electron chi connectivity index (χ0n) is 13.7. The van der Waals surface area contributed by atoms with Gasteiger partial charge in [0, 0.05) is 30.4 Å². The molecule has 1 atom stereocenters. The summed E-state index contributed by atoms with van der Waals surface area (Å²) in [6.07, 6.45) is -3.66. The number of halogens is 3. The van der Waals surface area contributed by atoms with Crippen LogP contribution in [-0.4, -0.2) is 50.8 Å². The lowest BCUT2D eigenvalue weighted by molar-refractivity contribution is -0.186. The number of carbonyl (C=O) groups excluding carboxylic acids is 1. The quantitative estimate of drug-likeness (QED) is 0.891. The van der Waals surface area contributed by atoms with Gasteiger partial charge in [-0.2, -0.15) is 13.2 Å². The fourth-order valence-electron chi connectivity index (χ4n) is 2.75. The first-order valence-electron chi connectivity index (χ1n) is 7.64. The van der Waals surface area contributed by atoms with Crippen LogP contribution in [0.2, 0.25) is 0 Å². The summed E-state index contributed by atoms with van der Waals surface area (Å²) >= 11 is 0. The number of hydrogen-bond donors (Lipinski definition) is 1. The summed E-state index contributed by atoms with van der Waals surface area (Å²) < 4.78 is 48.7. The largest absolute Gasteiger partial charge is 0.497 e. The maximum atomic E-state index is 12.8. The summed E-state index contributed by atoms with van der Waals surface area (Å²) in [7, 11) is 2.98. The first-order chi connectivity index (χ1) is 11.3. The van der Waals surface area contributed by atoms with E-state index in [4.69, 9.17) is 9.47 Å². The molecule has 0 saturated carbocycles. The molecular formula is C16H21F3N2O3. The molecule has 1 amide bonds. The minimum Gasteiger partial charge on any atom is -0.497 e. The van der Waals surface area contributed by atoms with Crippen LogP contribution in [-0.2, 0) is 4.79 Å². The Bertz CT molecular complexity index is 556. The Morgan fingerprint density at radius 3 is 2.42 bits per heavy atom. The molecular weight excluding hydrogens is 325 g/mol. The Morgan fingerprint density at radius 2 is 1.88 bits per heavy atom. The second-order valence-corrected chi connectivity index (χ2v) is 5.77. The number of nitrogens with one attached hydrogen (secondary N) is 1. The van der Waals surface area contributed by atoms with Crippen LogP contribution in [0.3, 0.4) is 0 Å². The van der Waals surface area contributed by atoms with Crippen molar-refractivity contribution in [2.24, 2.45) is 5.92 Å². The van der Waals surface area contributed by atoms with Gasteiger partial charge in [0.1, 0.15) is 11.5 Å². The number of rotatable bonds is 5. The highest BCUT2D eigenvalue weighted by Crippen LogP contribution is 2.33. The number of piperidine rings is 1. The molecule has 1 saturated heterocycles. The van der Waals surface area contributed by atoms with Crippen molar-refractivity contribution in [3.63, 3.8) is 0 Å². The van der Waals surface area contributed by atoms with Crippen molar-refractivity contribution in [3.05, 3.63) is 18.2 Å². The number of nitrogens with zero attached hydrogens (tertiary/aromatic N) is 1. The maximum absolute atomic E-state index is 12.8. The van der Waals surface area contributed by atoms with E-state index in [0.29, 0.717) is 30.2 Å². The molecule has 0 radical (unpaired) electrons. The van der Waals surface area contributed by atoms with Gasteiger partial charge in [0.05, 0.1) is 26.7 Å². The van der Waals surface area contributed by atoms with Gasteiger partial charge >= 0.3 is 6.18 Å². The number of amides is 1. The van der Waals surface area contributed by atoms with E-state index in [1.54, 1.807) is 18.2 Å². The van der Waals surface area contributed by atoms with E-state index >= 15 is 0 Å². The fourth-order valence-corrected chi connectivity index (χ4v) is 2.75. The highest BCUT2D eigenvalue weighted by molar-refractivity contribution is 5.92. The third kappa shape index (κ3) is 5.02. The summed E-state index contributed by atoms with van der Waals surface area (Å²) in [4.78, 5) is 13.7. The topological polar surface area (TPSA) is 50.8 Å². The first kappa shape index (κ1) is 18.4. The monoisotopic (exact) mass is 346 g/mol. The Balaban J connectivity index is 1.96. The van der Waals surface area contributed by atoms with Crippen molar-refractivity contribution >= 4 is 11.6 Å². The normalized spacial score (nSPS) is 19.0. The van der Waals surface area contributed by atoms with Crippen molar-refractivity contribution < 1.29 is 27.4 Å². The maximum Gasteiger partial charge on any atom is 0.393 e. The van der Waals surface area contributed by atoms with Gasteiger partial charge in [-0.05, 0) is 19.4 Å². The van der Waals surface area contributed by atoms with Gasteiger partial charge in [0.2, 0.25) is 5.91 Å². The zero-order chi connectivity index (χ0) is 17.7. The van der Waals surface area contributed by atoms with Gasteiger partial charge in [-0.25, -0.2) is 0 Å². The van der Waals surface area contributed by atoms with Crippen LogP contribution in [0.4, 0.5) is 18.9 Å². The van der Waals surface area contributed by atoms with Crippen molar-refractivity contribution in [2.45, 2.75) is 19.0 Å². The second kappa shape index (κ2) is 7.74. The lowest BCUT2D eigenvalue weighted by Crippen LogP contribution is -2.44. The van der Waals surface area contributed by atoms with Gasteiger partial charge in [-0.1, -0.05) is 0 Å². The molecule has 1 heterocycles. The molecule has 1 N–H and O–H groups in total. The summed E-state index contributed by atoms with van der Waals surface area (Å²) in [5.41, 5.74) is 0.473. The Labute approximate surface area is 138 Å². The van der Waals surface area contributed by atoms with E-state index in [1.807, 2.05) is 0 Å². The van der Waals surface area contributed by atoms with Crippen molar-refractivity contribution in [2.75, 3.05) is 39.2 Å². The fraction of sp³-hybridized carbons (Fsp3) is 0.562. The molecule has 8 heteroatoms. The van der Waals surface area contributed by atoms with Crippen LogP contribution in [0.25, 0.3) is 0 Å². The molecule has 1 aromatic carbocycles. The van der Waals surface area contributed by atoms with Crippen LogP contribution >= 0.6 is 0 Å². The molecule has 2 rings (SSSR count). The molecule has 5 nitrogen and oxygen atoms in total. The first-order valence-corrected chi connectivity index (χ1v) is 7.64. The number of alkyl halides is 3. The van der Waals surface area contributed by atoms with Gasteiger partial charge in [0.15, 0.2) is 0 Å². The van der Waals surface area contributed by atoms with Crippen LogP contribution in [0.1, 0.15) is 12.8 Å². The highest BCUT2D eigenvalue weighted by Gasteiger charge is 2.41. The molecule has 0 aliphatic carbocycles. The predicted molar refractivity (Wildman–Crippen MR) is 83.4 cm³/mol. The van der Waals surface area contributed by atoms with Gasteiger partial charge in [0.25, 0.3) is 0 Å². The van der Waals surface area contributed by atoms with E-state index < -0.39 is 12.1 Å². The lowest BCUT2D eigenvalue weighted by atomic mass is 9.97. The molecule has 0 spiro atoms. The number of methoxy groups -OCH3 is 2. The van der Waals surface area contributed by atoms with Gasteiger partial charge < -0.3 is 14.8 Å². The third-order valence-electron chi connectivity index (χ3n) is 3.97. The average molecular weight is 346 g/mol. The van der Waals surface area contributed by atoms with Crippen LogP contribution < -0.4 is 14.8 Å². The van der Waals surface area contributed by atoms with Crippen molar-refractivity contribution in [1.29, 1.82) is 0 Å². The van der Waals surface area contributed by atoms with Crippen molar-refractivity contribution in [1.82, 2.24) is 4.90 Å². The molecule has 0 aromatic heterocycles. The second-order valence-electron chi connectivity index (χ2n) is 5.77. The summed E-state index contributed by atoms with van der Waals surface area (Å²) in [6.45, 7) is 0.270. The molecule has 0 bridgehead atoms. The van der Waals surface area contributed by atoms with E-state index in [-0.39, 0.29) is 25.4 Å². The molecule has 0 unspecified atom stereocenters. The Kier molecular flexibility index (Phi) is 5.93. The van der Waals surface area contributed by atoms with Gasteiger partial charge in [-0.15, -0.1) is 0 Å². The van der Waals surface area contributed by atoms with E-state index in [9.17, 15) is 18.0 Å². The van der Waals surface area contributed by atoms with Crippen LogP contribution in [0.15, 0.2) is 18.2 Å². The average Bonchev–Trinajstić information content (AvgIpc) is 2.53. The SMILES string of the molecule is COc1cc(NC(=O)CN2CCC[C@H](C(F)(F)F)C2)cc(OC)c1. The molecule has 1 fully saturated rings. The number of ether oxygens (including phenoxy) is 2. The standard InChI is InChI=1S/C16H21F3N2O3/c1-23-13-6-12(7-14(8-13)24-2)20-15(22)10-21-5-3-4-11(9-21)16(17,18)19/h6-8,11H,3-5,9-10H2,1-2H3,(H,20,22)/t11-/m0/s1. The lowest BCUT2D eigenvalue weighted by Gasteiger charge is -2.33. The molecule has 1 aliphatic heterocycles. The smallest absolute Gasteiger partial charge is 0.393 e. The highest BCUT2D eigenvalue weighted by atomic mass is 19.4. The number of likely N-dealkylation sites (tertiary alicyclic amines) is 1. The number of hydrogen-bond acceptors (Lipinski definition) is 4. The molecule has 24 heavy (non-hydrogen) atoms. The molecule has 1 aliphatic rings. The Hall–Kier alpha value is -1.96. The Morgan fingerprint density at radius 1 is 1.25 bits per heavy atom. The van der Waals surface area contributed by atoms with Crippen LogP contribution in [0, 0.1) is 5.92 Å². The summed E-state index contributed by atoms with van der Waals surface area (Å²) in [5, 5.41) is 2.67. The predicted octanol–water partition coefficient (Wildman–Crippen LogP) is 2.92. The van der Waals surface area contributed by atoms with Gasteiger partial charge in [-0.3, -0.25) is 9.69 Å². The molecule has 134 valence electrons. The zero-order valence-corrected chi connectivity index (χ0v) is 13.7.